The number of hydrogen-bond acceptors (Lipinski definition) is 10. The Hall–Kier alpha value is -3.68. The molecular weight excluding hydrogens is 721 g/mol. The molecule has 1 unspecified atom stereocenters. The fourth-order valence-corrected chi connectivity index (χ4v) is 6.94. The Balaban J connectivity index is 0.000000200. The van der Waals surface area contributed by atoms with Gasteiger partial charge in [-0.2, -0.15) is 20.1 Å². The van der Waals surface area contributed by atoms with Crippen LogP contribution in [-0.4, -0.2) is 52.8 Å². The Morgan fingerprint density at radius 2 is 1.40 bits per heavy atom. The zero-order valence-electron chi connectivity index (χ0n) is 27.4. The van der Waals surface area contributed by atoms with Crippen molar-refractivity contribution in [2.75, 3.05) is 18.0 Å². The SMILES string of the molecule is CC(C)n1nc(Br)nc1Oc1cccc(Cl)c1.Cc1noc(N2C[C@H]3CC[C@@H](C2)C3Cc2nc(Oc3cccc(Cl)c3)n(C(C)C)n2)n1. The van der Waals surface area contributed by atoms with E-state index in [9.17, 15) is 0 Å². The molecule has 15 heteroatoms. The minimum atomic E-state index is 0.148. The molecule has 1 aliphatic heterocycles. The van der Waals surface area contributed by atoms with Crippen LogP contribution in [0.3, 0.4) is 0 Å². The molecule has 48 heavy (non-hydrogen) atoms. The van der Waals surface area contributed by atoms with Crippen LogP contribution in [0.1, 0.15) is 64.3 Å². The van der Waals surface area contributed by atoms with Crippen LogP contribution in [0, 0.1) is 24.7 Å². The summed E-state index contributed by atoms with van der Waals surface area (Å²) in [4.78, 5) is 15.6. The summed E-state index contributed by atoms with van der Waals surface area (Å²) < 4.78 is 21.1. The molecule has 3 atom stereocenters. The average molecular weight is 760 g/mol. The fourth-order valence-electron chi connectivity index (χ4n) is 6.26. The molecular formula is C33H38BrCl2N9O3. The van der Waals surface area contributed by atoms with Gasteiger partial charge >= 0.3 is 18.0 Å². The van der Waals surface area contributed by atoms with Crippen molar-refractivity contribution in [1.82, 2.24) is 39.7 Å². The summed E-state index contributed by atoms with van der Waals surface area (Å²) in [5.74, 6) is 4.54. The molecule has 0 radical (unpaired) electrons. The highest BCUT2D eigenvalue weighted by molar-refractivity contribution is 9.10. The van der Waals surface area contributed by atoms with Crippen LogP contribution < -0.4 is 14.4 Å². The highest BCUT2D eigenvalue weighted by atomic mass is 79.9. The van der Waals surface area contributed by atoms with E-state index < -0.39 is 0 Å². The Morgan fingerprint density at radius 3 is 1.92 bits per heavy atom. The maximum atomic E-state index is 6.10. The zero-order valence-corrected chi connectivity index (χ0v) is 30.5. The lowest BCUT2D eigenvalue weighted by Crippen LogP contribution is -2.43. The molecule has 1 aliphatic carbocycles. The van der Waals surface area contributed by atoms with Crippen molar-refractivity contribution in [3.63, 3.8) is 0 Å². The fraction of sp³-hybridized carbons (Fsp3) is 0.455. The van der Waals surface area contributed by atoms with Crippen LogP contribution in [0.15, 0.2) is 57.8 Å². The molecule has 0 amide bonds. The average Bonchev–Trinajstić information content (AvgIpc) is 3.79. The second-order valence-corrected chi connectivity index (χ2v) is 14.2. The number of fused-ring (bicyclic) bond motifs is 2. The van der Waals surface area contributed by atoms with Gasteiger partial charge in [0.2, 0.25) is 4.73 Å². The first-order chi connectivity index (χ1) is 23.0. The second-order valence-electron chi connectivity index (χ2n) is 12.7. The van der Waals surface area contributed by atoms with E-state index in [2.05, 4.69) is 54.9 Å². The molecule has 7 rings (SSSR count). The molecule has 1 saturated heterocycles. The van der Waals surface area contributed by atoms with Crippen molar-refractivity contribution in [3.8, 4) is 23.5 Å². The molecule has 5 aromatic rings. The zero-order chi connectivity index (χ0) is 33.9. The number of piperidine rings is 1. The molecule has 2 aromatic carbocycles. The highest BCUT2D eigenvalue weighted by Gasteiger charge is 2.43. The van der Waals surface area contributed by atoms with Gasteiger partial charge in [-0.1, -0.05) is 40.5 Å². The van der Waals surface area contributed by atoms with E-state index >= 15 is 0 Å². The number of rotatable bonds is 9. The topological polar surface area (TPSA) is 122 Å². The van der Waals surface area contributed by atoms with Gasteiger partial charge in [-0.25, -0.2) is 9.36 Å². The Labute approximate surface area is 297 Å². The van der Waals surface area contributed by atoms with Gasteiger partial charge in [0.05, 0.1) is 12.1 Å². The largest absolute Gasteiger partial charge is 0.424 e. The lowest BCUT2D eigenvalue weighted by molar-refractivity contribution is 0.253. The predicted octanol–water partition coefficient (Wildman–Crippen LogP) is 8.77. The van der Waals surface area contributed by atoms with E-state index in [1.54, 1.807) is 22.9 Å². The highest BCUT2D eigenvalue weighted by Crippen LogP contribution is 2.44. The molecule has 254 valence electrons. The van der Waals surface area contributed by atoms with Gasteiger partial charge < -0.3 is 18.9 Å². The van der Waals surface area contributed by atoms with Crippen LogP contribution >= 0.6 is 39.1 Å². The molecule has 0 N–H and O–H groups in total. The maximum absolute atomic E-state index is 6.10. The van der Waals surface area contributed by atoms with E-state index in [4.69, 9.17) is 47.3 Å². The Morgan fingerprint density at radius 1 is 0.833 bits per heavy atom. The lowest BCUT2D eigenvalue weighted by Gasteiger charge is -2.36. The quantitative estimate of drug-likeness (QED) is 0.144. The number of halogens is 3. The number of aryl methyl sites for hydroxylation is 1. The number of ether oxygens (including phenoxy) is 2. The Bertz CT molecular complexity index is 1830. The number of benzene rings is 2. The van der Waals surface area contributed by atoms with Crippen molar-refractivity contribution < 1.29 is 14.0 Å². The van der Waals surface area contributed by atoms with Crippen LogP contribution in [0.5, 0.6) is 23.5 Å². The summed E-state index contributed by atoms with van der Waals surface area (Å²) in [6.07, 6.45) is 3.29. The molecule has 12 nitrogen and oxygen atoms in total. The van der Waals surface area contributed by atoms with Gasteiger partial charge in [0.15, 0.2) is 11.6 Å². The molecule has 1 saturated carbocycles. The van der Waals surface area contributed by atoms with Crippen molar-refractivity contribution in [2.45, 2.75) is 66.0 Å². The van der Waals surface area contributed by atoms with E-state index in [0.717, 1.165) is 25.3 Å². The smallest absolute Gasteiger partial charge is 0.324 e. The van der Waals surface area contributed by atoms with Crippen LogP contribution in [-0.2, 0) is 6.42 Å². The third-order valence-corrected chi connectivity index (χ3v) is 9.25. The number of anilines is 1. The molecule has 3 aromatic heterocycles. The number of nitrogens with zero attached hydrogens (tertiary/aromatic N) is 9. The minimum Gasteiger partial charge on any atom is -0.424 e. The third kappa shape index (κ3) is 8.12. The number of hydrogen-bond donors (Lipinski definition) is 0. The van der Waals surface area contributed by atoms with Gasteiger partial charge in [-0.15, -0.1) is 5.10 Å². The Kier molecular flexibility index (Phi) is 10.6. The molecule has 4 heterocycles. The summed E-state index contributed by atoms with van der Waals surface area (Å²) in [6, 6.07) is 16.4. The van der Waals surface area contributed by atoms with Crippen LogP contribution in [0.4, 0.5) is 6.01 Å². The summed E-state index contributed by atoms with van der Waals surface area (Å²) in [5, 5.41) is 14.2. The summed E-state index contributed by atoms with van der Waals surface area (Å²) in [7, 11) is 0. The minimum absolute atomic E-state index is 0.148. The maximum Gasteiger partial charge on any atom is 0.324 e. The number of aromatic nitrogens is 8. The molecule has 2 bridgehead atoms. The summed E-state index contributed by atoms with van der Waals surface area (Å²) in [5.41, 5.74) is 0. The summed E-state index contributed by atoms with van der Waals surface area (Å²) in [6.45, 7) is 11.9. The van der Waals surface area contributed by atoms with Crippen molar-refractivity contribution >= 4 is 45.1 Å². The van der Waals surface area contributed by atoms with E-state index in [0.29, 0.717) is 67.9 Å². The van der Waals surface area contributed by atoms with Gasteiger partial charge in [-0.3, -0.25) is 0 Å². The van der Waals surface area contributed by atoms with E-state index in [1.165, 1.54) is 12.8 Å². The first-order valence-electron chi connectivity index (χ1n) is 16.0. The normalized spacial score (nSPS) is 18.7. The first-order valence-corrected chi connectivity index (χ1v) is 17.6. The monoisotopic (exact) mass is 757 g/mol. The van der Waals surface area contributed by atoms with E-state index in [1.807, 2.05) is 55.8 Å². The van der Waals surface area contributed by atoms with Crippen LogP contribution in [0.2, 0.25) is 10.0 Å². The van der Waals surface area contributed by atoms with Crippen LogP contribution in [0.25, 0.3) is 0 Å². The van der Waals surface area contributed by atoms with Gasteiger partial charge in [-0.05, 0) is 118 Å². The molecule has 2 fully saturated rings. The third-order valence-electron chi connectivity index (χ3n) is 8.44. The van der Waals surface area contributed by atoms with E-state index in [-0.39, 0.29) is 12.1 Å². The molecule has 0 spiro atoms. The first kappa shape index (κ1) is 34.2. The lowest BCUT2D eigenvalue weighted by atomic mass is 9.82. The van der Waals surface area contributed by atoms with Gasteiger partial charge in [0.1, 0.15) is 11.5 Å². The van der Waals surface area contributed by atoms with Gasteiger partial charge in [0, 0.05) is 29.6 Å². The predicted molar refractivity (Wildman–Crippen MR) is 186 cm³/mol. The van der Waals surface area contributed by atoms with Gasteiger partial charge in [0.25, 0.3) is 0 Å². The molecule has 2 aliphatic rings. The second kappa shape index (κ2) is 14.8. The standard InChI is InChI=1S/C22H27ClN6O2.C11H11BrClN3O/c1-13(2)29-22(30-18-6-4-5-17(23)9-18)25-20(26-29)10-19-15-7-8-16(19)12-28(11-15)21-24-14(3)27-31-21;1-7(2)16-11(14-10(12)15-16)17-9-5-3-4-8(13)6-9/h4-6,9,13,15-16,19H,7-8,10-12H2,1-3H3;3-7H,1-2H3/t15-,16+,19?;. The van der Waals surface area contributed by atoms with Crippen molar-refractivity contribution in [3.05, 3.63) is 75.0 Å². The summed E-state index contributed by atoms with van der Waals surface area (Å²) >= 11 is 15.2. The van der Waals surface area contributed by atoms with Crippen molar-refractivity contribution in [1.29, 1.82) is 0 Å². The van der Waals surface area contributed by atoms with Crippen molar-refractivity contribution in [2.24, 2.45) is 17.8 Å².